The largest absolute Gasteiger partial charge is 0.495 e. The first-order chi connectivity index (χ1) is 18.8. The standard InChI is InChI=1S/C28H30N4O6S/c1-36-22-13-17(27(33)32-11-4-12-32)14-23(37-2)25(22)39(34,35)30-26-20-16-28(7-8-28)21-6-5-18(31-9-3-10-31)15-19(21)24(20)38-29-26/h5-6,13-15H,3-4,7-12,16H2,1-2H3,(H,29,30). The number of aromatic nitrogens is 1. The molecule has 1 aromatic heterocycles. The number of hydrogen-bond acceptors (Lipinski definition) is 8. The highest BCUT2D eigenvalue weighted by Gasteiger charge is 2.51. The summed E-state index contributed by atoms with van der Waals surface area (Å²) in [4.78, 5) is 16.6. The number of ether oxygens (including phenoxy) is 2. The van der Waals surface area contributed by atoms with E-state index in [0.29, 0.717) is 30.8 Å². The highest BCUT2D eigenvalue weighted by molar-refractivity contribution is 7.93. The summed E-state index contributed by atoms with van der Waals surface area (Å²) in [5.74, 6) is 0.627. The van der Waals surface area contributed by atoms with Gasteiger partial charge in [0.25, 0.3) is 15.9 Å². The molecule has 1 N–H and O–H groups in total. The van der Waals surface area contributed by atoms with Crippen LogP contribution in [0.25, 0.3) is 11.3 Å². The predicted octanol–water partition coefficient (Wildman–Crippen LogP) is 3.80. The summed E-state index contributed by atoms with van der Waals surface area (Å²) < 4.78 is 46.9. The number of rotatable bonds is 7. The minimum absolute atomic E-state index is 0.0181. The molecule has 3 heterocycles. The first kappa shape index (κ1) is 24.3. The van der Waals surface area contributed by atoms with Gasteiger partial charge in [-0.15, -0.1) is 0 Å². The summed E-state index contributed by atoms with van der Waals surface area (Å²) in [5.41, 5.74) is 4.43. The smallest absolute Gasteiger partial charge is 0.270 e. The number of fused-ring (bicyclic) bond motifs is 4. The van der Waals surface area contributed by atoms with E-state index in [1.807, 2.05) is 0 Å². The van der Waals surface area contributed by atoms with Crippen LogP contribution in [0.3, 0.4) is 0 Å². The minimum Gasteiger partial charge on any atom is -0.495 e. The monoisotopic (exact) mass is 550 g/mol. The van der Waals surface area contributed by atoms with Gasteiger partial charge in [-0.2, -0.15) is 0 Å². The van der Waals surface area contributed by atoms with Crippen LogP contribution in [0.1, 0.15) is 47.2 Å². The van der Waals surface area contributed by atoms with Gasteiger partial charge in [-0.3, -0.25) is 9.52 Å². The van der Waals surface area contributed by atoms with Crippen molar-refractivity contribution in [2.75, 3.05) is 50.0 Å². The second-order valence-electron chi connectivity index (χ2n) is 10.8. The van der Waals surface area contributed by atoms with Crippen LogP contribution < -0.4 is 19.1 Å². The van der Waals surface area contributed by atoms with E-state index in [-0.39, 0.29) is 33.5 Å². The van der Waals surface area contributed by atoms with Gasteiger partial charge < -0.3 is 23.8 Å². The third kappa shape index (κ3) is 3.77. The molecule has 1 spiro atoms. The van der Waals surface area contributed by atoms with Crippen LogP contribution in [-0.2, 0) is 21.9 Å². The number of carbonyl (C=O) groups is 1. The van der Waals surface area contributed by atoms with Crippen molar-refractivity contribution < 1.29 is 27.2 Å². The lowest BCUT2D eigenvalue weighted by Crippen LogP contribution is -2.42. The number of nitrogens with zero attached hydrogens (tertiary/aromatic N) is 3. The molecule has 2 aliphatic carbocycles. The SMILES string of the molecule is COc1cc(C(=O)N2CCC2)cc(OC)c1S(=O)(=O)Nc1noc2c1CC1(CC1)c1ccc(N3CCC3)cc1-2. The van der Waals surface area contributed by atoms with E-state index < -0.39 is 10.0 Å². The van der Waals surface area contributed by atoms with E-state index >= 15 is 0 Å². The lowest BCUT2D eigenvalue weighted by Gasteiger charge is -2.34. The van der Waals surface area contributed by atoms with Crippen LogP contribution in [0.4, 0.5) is 11.5 Å². The number of nitrogens with one attached hydrogen (secondary N) is 1. The number of hydrogen-bond donors (Lipinski definition) is 1. The van der Waals surface area contributed by atoms with Crippen LogP contribution in [-0.4, -0.2) is 64.8 Å². The second kappa shape index (κ2) is 8.64. The van der Waals surface area contributed by atoms with Crippen LogP contribution in [0.2, 0.25) is 0 Å². The topological polar surface area (TPSA) is 114 Å². The molecule has 3 fully saturated rings. The van der Waals surface area contributed by atoms with E-state index in [9.17, 15) is 13.2 Å². The molecule has 2 saturated heterocycles. The quantitative estimate of drug-likeness (QED) is 0.473. The van der Waals surface area contributed by atoms with Crippen molar-refractivity contribution in [2.45, 2.75) is 42.4 Å². The number of benzene rings is 2. The van der Waals surface area contributed by atoms with Crippen molar-refractivity contribution in [3.63, 3.8) is 0 Å². The maximum atomic E-state index is 13.8. The Balaban J connectivity index is 1.26. The van der Waals surface area contributed by atoms with Crippen LogP contribution in [0, 0.1) is 0 Å². The molecule has 7 rings (SSSR count). The average molecular weight is 551 g/mol. The Morgan fingerprint density at radius 2 is 1.72 bits per heavy atom. The zero-order valence-corrected chi connectivity index (χ0v) is 22.8. The molecule has 0 radical (unpaired) electrons. The van der Waals surface area contributed by atoms with Crippen molar-refractivity contribution in [1.82, 2.24) is 10.1 Å². The second-order valence-corrected chi connectivity index (χ2v) is 12.4. The number of likely N-dealkylation sites (tertiary alicyclic amines) is 1. The van der Waals surface area contributed by atoms with Gasteiger partial charge in [0.2, 0.25) is 0 Å². The highest BCUT2D eigenvalue weighted by Crippen LogP contribution is 2.59. The van der Waals surface area contributed by atoms with Gasteiger partial charge in [-0.25, -0.2) is 8.42 Å². The van der Waals surface area contributed by atoms with E-state index in [1.165, 1.54) is 38.3 Å². The van der Waals surface area contributed by atoms with E-state index in [1.54, 1.807) is 4.90 Å². The summed E-state index contributed by atoms with van der Waals surface area (Å²) >= 11 is 0. The van der Waals surface area contributed by atoms with Crippen molar-refractivity contribution in [3.05, 3.63) is 47.0 Å². The molecule has 204 valence electrons. The van der Waals surface area contributed by atoms with Gasteiger partial charge in [-0.1, -0.05) is 11.2 Å². The molecule has 2 aliphatic heterocycles. The number of sulfonamides is 1. The van der Waals surface area contributed by atoms with Crippen molar-refractivity contribution in [3.8, 4) is 22.8 Å². The first-order valence-corrected chi connectivity index (χ1v) is 14.8. The molecule has 4 aliphatic rings. The molecular weight excluding hydrogens is 520 g/mol. The van der Waals surface area contributed by atoms with Gasteiger partial charge in [0.05, 0.1) is 14.2 Å². The zero-order valence-electron chi connectivity index (χ0n) is 22.0. The lowest BCUT2D eigenvalue weighted by molar-refractivity contribution is 0.0651. The first-order valence-electron chi connectivity index (χ1n) is 13.3. The Labute approximate surface area is 226 Å². The summed E-state index contributed by atoms with van der Waals surface area (Å²) in [6.45, 7) is 3.41. The van der Waals surface area contributed by atoms with Crippen molar-refractivity contribution >= 4 is 27.4 Å². The Bertz CT molecular complexity index is 1580. The fraction of sp³-hybridized carbons (Fsp3) is 0.429. The minimum atomic E-state index is -4.22. The number of methoxy groups -OCH3 is 2. The van der Waals surface area contributed by atoms with Gasteiger partial charge >= 0.3 is 0 Å². The summed E-state index contributed by atoms with van der Waals surface area (Å²) in [6, 6.07) is 9.42. The Hall–Kier alpha value is -3.73. The summed E-state index contributed by atoms with van der Waals surface area (Å²) in [5, 5.41) is 4.19. The fourth-order valence-corrected chi connectivity index (χ4v) is 7.23. The van der Waals surface area contributed by atoms with Gasteiger partial charge in [0, 0.05) is 54.0 Å². The number of carbonyl (C=O) groups excluding carboxylic acids is 1. The lowest BCUT2D eigenvalue weighted by atomic mass is 9.79. The van der Waals surface area contributed by atoms with Crippen molar-refractivity contribution in [1.29, 1.82) is 0 Å². The Morgan fingerprint density at radius 3 is 2.28 bits per heavy atom. The molecular formula is C28H30N4O6S. The normalized spacial score (nSPS) is 18.5. The third-order valence-corrected chi connectivity index (χ3v) is 9.95. The van der Waals surface area contributed by atoms with Crippen LogP contribution in [0.15, 0.2) is 39.8 Å². The van der Waals surface area contributed by atoms with Gasteiger partial charge in [0.15, 0.2) is 16.5 Å². The number of anilines is 2. The Kier molecular flexibility index (Phi) is 5.39. The van der Waals surface area contributed by atoms with Crippen LogP contribution in [0.5, 0.6) is 11.5 Å². The van der Waals surface area contributed by atoms with Gasteiger partial charge in [-0.05, 0) is 61.9 Å². The molecule has 39 heavy (non-hydrogen) atoms. The molecule has 11 heteroatoms. The van der Waals surface area contributed by atoms with Gasteiger partial charge in [0.1, 0.15) is 11.5 Å². The maximum Gasteiger partial charge on any atom is 0.270 e. The molecule has 3 aromatic rings. The van der Waals surface area contributed by atoms with Crippen molar-refractivity contribution in [2.24, 2.45) is 0 Å². The molecule has 1 saturated carbocycles. The Morgan fingerprint density at radius 1 is 1.03 bits per heavy atom. The van der Waals surface area contributed by atoms with Crippen LogP contribution >= 0.6 is 0 Å². The average Bonchev–Trinajstić information content (AvgIpc) is 3.53. The third-order valence-electron chi connectivity index (χ3n) is 8.55. The van der Waals surface area contributed by atoms with E-state index in [2.05, 4.69) is 33.0 Å². The summed E-state index contributed by atoms with van der Waals surface area (Å²) in [6.07, 6.45) is 4.85. The highest BCUT2D eigenvalue weighted by atomic mass is 32.2. The predicted molar refractivity (Wildman–Crippen MR) is 144 cm³/mol. The summed E-state index contributed by atoms with van der Waals surface area (Å²) in [7, 11) is -1.49. The molecule has 0 atom stereocenters. The van der Waals surface area contributed by atoms with E-state index in [4.69, 9.17) is 14.0 Å². The molecule has 0 unspecified atom stereocenters. The number of amides is 1. The molecule has 0 bridgehead atoms. The maximum absolute atomic E-state index is 13.8. The molecule has 1 amide bonds. The fourth-order valence-electron chi connectivity index (χ4n) is 5.90. The van der Waals surface area contributed by atoms with E-state index in [0.717, 1.165) is 49.2 Å². The zero-order chi connectivity index (χ0) is 26.9. The molecule has 2 aromatic carbocycles. The molecule has 10 nitrogen and oxygen atoms in total.